The van der Waals surface area contributed by atoms with Crippen LogP contribution in [0.25, 0.3) is 0 Å². The van der Waals surface area contributed by atoms with E-state index in [-0.39, 0.29) is 6.10 Å². The van der Waals surface area contributed by atoms with Crippen molar-refractivity contribution in [1.82, 2.24) is 4.90 Å². The Balaban J connectivity index is 0.000000461. The minimum absolute atomic E-state index is 0.0694. The van der Waals surface area contributed by atoms with Gasteiger partial charge in [-0.15, -0.1) is 0 Å². The summed E-state index contributed by atoms with van der Waals surface area (Å²) in [6, 6.07) is 0.421. The van der Waals surface area contributed by atoms with Crippen LogP contribution in [-0.4, -0.2) is 41.5 Å². The van der Waals surface area contributed by atoms with Crippen molar-refractivity contribution < 1.29 is 10.3 Å². The maximum atomic E-state index is 9.32. The second-order valence-corrected chi connectivity index (χ2v) is 3.03. The van der Waals surface area contributed by atoms with Crippen LogP contribution in [0.4, 0.5) is 0 Å². The number of aliphatic hydroxyl groups is 1. The topological polar surface area (TPSA) is 69.7 Å². The number of hydrogen-bond donors (Lipinski definition) is 3. The molecule has 4 heteroatoms. The van der Waals surface area contributed by atoms with Gasteiger partial charge in [-0.05, 0) is 33.4 Å². The van der Waals surface area contributed by atoms with E-state index < -0.39 is 0 Å². The number of rotatable bonds is 1. The number of likely N-dealkylation sites (N-methyl/N-ethyl adjacent to an activating group) is 1. The SMILES string of the molecule is CN(C)[C@H]1CCC[C@H]1O.NO. The second-order valence-electron chi connectivity index (χ2n) is 3.03. The van der Waals surface area contributed by atoms with Crippen molar-refractivity contribution in [2.45, 2.75) is 31.4 Å². The molecular weight excluding hydrogens is 144 g/mol. The monoisotopic (exact) mass is 162 g/mol. The van der Waals surface area contributed by atoms with Crippen LogP contribution in [0, 0.1) is 0 Å². The summed E-state index contributed by atoms with van der Waals surface area (Å²) in [5, 5.41) is 15.8. The van der Waals surface area contributed by atoms with Crippen molar-refractivity contribution in [2.75, 3.05) is 14.1 Å². The lowest BCUT2D eigenvalue weighted by atomic mass is 10.2. The Morgan fingerprint density at radius 3 is 2.00 bits per heavy atom. The summed E-state index contributed by atoms with van der Waals surface area (Å²) < 4.78 is 0. The molecule has 0 spiro atoms. The first-order valence-electron chi connectivity index (χ1n) is 3.82. The summed E-state index contributed by atoms with van der Waals surface area (Å²) in [7, 11) is 4.05. The molecule has 2 atom stereocenters. The summed E-state index contributed by atoms with van der Waals surface area (Å²) in [6.07, 6.45) is 3.26. The van der Waals surface area contributed by atoms with E-state index in [1.807, 2.05) is 14.1 Å². The van der Waals surface area contributed by atoms with Crippen molar-refractivity contribution >= 4 is 0 Å². The van der Waals surface area contributed by atoms with Gasteiger partial charge in [0, 0.05) is 6.04 Å². The van der Waals surface area contributed by atoms with Gasteiger partial charge in [0.15, 0.2) is 0 Å². The molecule has 11 heavy (non-hydrogen) atoms. The summed E-state index contributed by atoms with van der Waals surface area (Å²) in [6.45, 7) is 0. The summed E-state index contributed by atoms with van der Waals surface area (Å²) in [5.41, 5.74) is 0. The molecule has 0 unspecified atom stereocenters. The molecule has 0 saturated heterocycles. The Morgan fingerprint density at radius 2 is 1.82 bits per heavy atom. The van der Waals surface area contributed by atoms with Gasteiger partial charge in [-0.25, -0.2) is 5.90 Å². The Kier molecular flexibility index (Phi) is 5.41. The molecule has 1 aliphatic rings. The Bertz CT molecular complexity index is 98.4. The molecule has 1 saturated carbocycles. The largest absolute Gasteiger partial charge is 0.391 e. The molecule has 4 nitrogen and oxygen atoms in total. The van der Waals surface area contributed by atoms with Crippen LogP contribution in [0.2, 0.25) is 0 Å². The van der Waals surface area contributed by atoms with Crippen LogP contribution < -0.4 is 5.90 Å². The second kappa shape index (κ2) is 5.49. The molecule has 0 aliphatic heterocycles. The third-order valence-electron chi connectivity index (χ3n) is 2.11. The predicted octanol–water partition coefficient (Wildman–Crippen LogP) is -0.204. The third kappa shape index (κ3) is 3.16. The number of nitrogens with two attached hydrogens (primary N) is 1. The van der Waals surface area contributed by atoms with Gasteiger partial charge in [0.05, 0.1) is 6.10 Å². The quantitative estimate of drug-likeness (QED) is 0.467. The number of nitrogens with zero attached hydrogens (tertiary/aromatic N) is 1. The maximum absolute atomic E-state index is 9.32. The van der Waals surface area contributed by atoms with Crippen LogP contribution in [0.5, 0.6) is 0 Å². The lowest BCUT2D eigenvalue weighted by Gasteiger charge is -2.21. The fraction of sp³-hybridized carbons (Fsp3) is 1.00. The van der Waals surface area contributed by atoms with Gasteiger partial charge in [-0.3, -0.25) is 0 Å². The van der Waals surface area contributed by atoms with Crippen LogP contribution in [0.3, 0.4) is 0 Å². The lowest BCUT2D eigenvalue weighted by Crippen LogP contribution is -2.34. The van der Waals surface area contributed by atoms with Crippen LogP contribution in [0.1, 0.15) is 19.3 Å². The van der Waals surface area contributed by atoms with E-state index >= 15 is 0 Å². The highest BCUT2D eigenvalue weighted by Crippen LogP contribution is 2.21. The third-order valence-corrected chi connectivity index (χ3v) is 2.11. The molecule has 0 aromatic rings. The van der Waals surface area contributed by atoms with Crippen LogP contribution in [0.15, 0.2) is 0 Å². The van der Waals surface area contributed by atoms with Gasteiger partial charge >= 0.3 is 0 Å². The van der Waals surface area contributed by atoms with Gasteiger partial charge in [0.25, 0.3) is 0 Å². The molecule has 0 radical (unpaired) electrons. The van der Waals surface area contributed by atoms with Crippen molar-refractivity contribution in [2.24, 2.45) is 5.90 Å². The van der Waals surface area contributed by atoms with E-state index in [4.69, 9.17) is 5.21 Å². The molecule has 4 N–H and O–H groups in total. The van der Waals surface area contributed by atoms with E-state index in [0.29, 0.717) is 6.04 Å². The Labute approximate surface area is 67.6 Å². The van der Waals surface area contributed by atoms with Gasteiger partial charge in [-0.1, -0.05) is 0 Å². The van der Waals surface area contributed by atoms with E-state index in [2.05, 4.69) is 10.8 Å². The molecule has 1 fully saturated rings. The first kappa shape index (κ1) is 10.8. The van der Waals surface area contributed by atoms with Crippen LogP contribution >= 0.6 is 0 Å². The van der Waals surface area contributed by atoms with Gasteiger partial charge < -0.3 is 15.2 Å². The summed E-state index contributed by atoms with van der Waals surface area (Å²) in [4.78, 5) is 2.11. The maximum Gasteiger partial charge on any atom is 0.0695 e. The first-order valence-corrected chi connectivity index (χ1v) is 3.82. The highest BCUT2D eigenvalue weighted by atomic mass is 16.4. The molecule has 0 heterocycles. The van der Waals surface area contributed by atoms with Crippen molar-refractivity contribution in [3.63, 3.8) is 0 Å². The molecule has 1 aliphatic carbocycles. The van der Waals surface area contributed by atoms with Gasteiger partial charge in [0.1, 0.15) is 0 Å². The smallest absolute Gasteiger partial charge is 0.0695 e. The van der Waals surface area contributed by atoms with E-state index in [9.17, 15) is 5.11 Å². The molecule has 68 valence electrons. The predicted molar refractivity (Wildman–Crippen MR) is 43.3 cm³/mol. The summed E-state index contributed by atoms with van der Waals surface area (Å²) in [5.74, 6) is 3.50. The first-order chi connectivity index (χ1) is 5.22. The van der Waals surface area contributed by atoms with Crippen LogP contribution in [-0.2, 0) is 0 Å². The average Bonchev–Trinajstić information content (AvgIpc) is 2.39. The minimum atomic E-state index is -0.0694. The zero-order valence-electron chi connectivity index (χ0n) is 7.20. The molecule has 1 rings (SSSR count). The Hall–Kier alpha value is -0.160. The van der Waals surface area contributed by atoms with E-state index in [1.165, 1.54) is 6.42 Å². The minimum Gasteiger partial charge on any atom is -0.391 e. The van der Waals surface area contributed by atoms with E-state index in [1.54, 1.807) is 0 Å². The van der Waals surface area contributed by atoms with Gasteiger partial charge in [0.2, 0.25) is 0 Å². The van der Waals surface area contributed by atoms with E-state index in [0.717, 1.165) is 12.8 Å². The fourth-order valence-corrected chi connectivity index (χ4v) is 1.52. The molecule has 0 bridgehead atoms. The zero-order valence-corrected chi connectivity index (χ0v) is 7.20. The lowest BCUT2D eigenvalue weighted by molar-refractivity contribution is 0.100. The molecule has 0 aromatic heterocycles. The van der Waals surface area contributed by atoms with Crippen molar-refractivity contribution in [3.05, 3.63) is 0 Å². The molecular formula is C7H18N2O2. The molecule has 0 amide bonds. The highest BCUT2D eigenvalue weighted by Gasteiger charge is 2.26. The van der Waals surface area contributed by atoms with Crippen molar-refractivity contribution in [3.8, 4) is 0 Å². The molecule has 0 aromatic carbocycles. The van der Waals surface area contributed by atoms with Crippen molar-refractivity contribution in [1.29, 1.82) is 0 Å². The highest BCUT2D eigenvalue weighted by molar-refractivity contribution is 4.81. The average molecular weight is 162 g/mol. The normalized spacial score (nSPS) is 30.0. The Morgan fingerprint density at radius 1 is 1.27 bits per heavy atom. The standard InChI is InChI=1S/C7H15NO.H3NO/c1-8(2)6-4-3-5-7(6)9;1-2/h6-7,9H,3-5H2,1-2H3;2H,1H2/t6-,7+;/m0./s1. The number of hydrogen-bond acceptors (Lipinski definition) is 4. The zero-order chi connectivity index (χ0) is 8.85. The fourth-order valence-electron chi connectivity index (χ4n) is 1.52. The number of aliphatic hydroxyl groups excluding tert-OH is 1. The van der Waals surface area contributed by atoms with Gasteiger partial charge in [-0.2, -0.15) is 0 Å². The summed E-state index contributed by atoms with van der Waals surface area (Å²) >= 11 is 0.